The van der Waals surface area contributed by atoms with E-state index in [1.165, 1.54) is 6.92 Å². The van der Waals surface area contributed by atoms with E-state index in [1.807, 2.05) is 13.0 Å². The van der Waals surface area contributed by atoms with Gasteiger partial charge < -0.3 is 5.11 Å². The fraction of sp³-hybridized carbons (Fsp3) is 0.769. The van der Waals surface area contributed by atoms with Crippen LogP contribution in [0.25, 0.3) is 0 Å². The Labute approximate surface area is 106 Å². The Hall–Kier alpha value is -0.150. The van der Waals surface area contributed by atoms with E-state index >= 15 is 0 Å². The molecule has 2 atom stereocenters. The molecule has 1 aliphatic rings. The number of hydrogen-bond acceptors (Lipinski definition) is 2. The topological polar surface area (TPSA) is 37.3 Å². The number of carbonyl (C=O) groups is 1. The molecule has 0 aromatic carbocycles. The van der Waals surface area contributed by atoms with Gasteiger partial charge >= 0.3 is 0 Å². The minimum absolute atomic E-state index is 0.0102. The van der Waals surface area contributed by atoms with Gasteiger partial charge in [-0.1, -0.05) is 35.9 Å². The first-order chi connectivity index (χ1) is 7.12. The predicted octanol–water partition coefficient (Wildman–Crippen LogP) is 3.23. The first-order valence-electron chi connectivity index (χ1n) is 5.73. The van der Waals surface area contributed by atoms with Crippen LogP contribution >= 0.6 is 15.9 Å². The lowest BCUT2D eigenvalue weighted by atomic mass is 9.61. The molecule has 0 aliphatic heterocycles. The van der Waals surface area contributed by atoms with Crippen molar-refractivity contribution in [3.63, 3.8) is 0 Å². The van der Waals surface area contributed by atoms with Crippen LogP contribution in [0.1, 0.15) is 47.0 Å². The van der Waals surface area contributed by atoms with Crippen molar-refractivity contribution in [2.45, 2.75) is 56.9 Å². The summed E-state index contributed by atoms with van der Waals surface area (Å²) in [5.74, 6) is 0.0102. The Morgan fingerprint density at radius 2 is 1.88 bits per heavy atom. The lowest BCUT2D eigenvalue weighted by Gasteiger charge is -2.53. The molecule has 1 N–H and O–H groups in total. The summed E-state index contributed by atoms with van der Waals surface area (Å²) in [6, 6.07) is 0. The summed E-state index contributed by atoms with van der Waals surface area (Å²) in [6.07, 6.45) is 6.19. The number of alkyl halides is 1. The van der Waals surface area contributed by atoms with Crippen molar-refractivity contribution in [2.75, 3.05) is 0 Å². The van der Waals surface area contributed by atoms with Gasteiger partial charge in [-0.3, -0.25) is 4.79 Å². The SMILES string of the molecule is CC(=O)/C=C\[C@]1(Br)C(C)(C)CCC[C@]1(C)O. The summed E-state index contributed by atoms with van der Waals surface area (Å²) in [6.45, 7) is 7.62. The Kier molecular flexibility index (Phi) is 3.71. The number of hydrogen-bond donors (Lipinski definition) is 1. The fourth-order valence-electron chi connectivity index (χ4n) is 2.60. The predicted molar refractivity (Wildman–Crippen MR) is 69.7 cm³/mol. The van der Waals surface area contributed by atoms with E-state index in [-0.39, 0.29) is 11.2 Å². The molecule has 2 nitrogen and oxygen atoms in total. The molecule has 0 aromatic heterocycles. The van der Waals surface area contributed by atoms with Crippen LogP contribution in [0, 0.1) is 5.41 Å². The summed E-state index contributed by atoms with van der Waals surface area (Å²) in [5.41, 5.74) is -0.888. The molecule has 16 heavy (non-hydrogen) atoms. The number of aliphatic hydroxyl groups is 1. The van der Waals surface area contributed by atoms with Crippen molar-refractivity contribution < 1.29 is 9.90 Å². The number of ketones is 1. The zero-order chi connectivity index (χ0) is 12.6. The number of allylic oxidation sites excluding steroid dienone is 1. The molecule has 0 heterocycles. The van der Waals surface area contributed by atoms with Gasteiger partial charge in [0.1, 0.15) is 0 Å². The second-order valence-electron chi connectivity index (χ2n) is 5.67. The van der Waals surface area contributed by atoms with Crippen LogP contribution in [0.4, 0.5) is 0 Å². The molecule has 0 radical (unpaired) electrons. The van der Waals surface area contributed by atoms with Crippen LogP contribution in [0.3, 0.4) is 0 Å². The average molecular weight is 289 g/mol. The summed E-state index contributed by atoms with van der Waals surface area (Å²) >= 11 is 3.68. The van der Waals surface area contributed by atoms with Crippen molar-refractivity contribution in [1.29, 1.82) is 0 Å². The third kappa shape index (κ3) is 2.25. The minimum Gasteiger partial charge on any atom is -0.388 e. The largest absolute Gasteiger partial charge is 0.388 e. The first kappa shape index (κ1) is 13.9. The second kappa shape index (κ2) is 4.26. The molecule has 0 bridgehead atoms. The van der Waals surface area contributed by atoms with Crippen LogP contribution in [-0.2, 0) is 4.79 Å². The summed E-state index contributed by atoms with van der Waals surface area (Å²) < 4.78 is -0.531. The van der Waals surface area contributed by atoms with Gasteiger partial charge in [-0.25, -0.2) is 0 Å². The van der Waals surface area contributed by atoms with Crippen LogP contribution < -0.4 is 0 Å². The maximum atomic E-state index is 11.1. The summed E-state index contributed by atoms with van der Waals surface area (Å²) in [4.78, 5) is 11.1. The molecular formula is C13H21BrO2. The molecule has 1 saturated carbocycles. The third-order valence-corrected chi connectivity index (χ3v) is 5.97. The molecule has 0 amide bonds. The van der Waals surface area contributed by atoms with E-state index in [2.05, 4.69) is 29.8 Å². The summed E-state index contributed by atoms with van der Waals surface area (Å²) in [5, 5.41) is 10.5. The molecule has 0 aromatic rings. The van der Waals surface area contributed by atoms with E-state index in [0.717, 1.165) is 19.3 Å². The average Bonchev–Trinajstić information content (AvgIpc) is 2.10. The third-order valence-electron chi connectivity index (χ3n) is 3.78. The smallest absolute Gasteiger partial charge is 0.152 e. The monoisotopic (exact) mass is 288 g/mol. The number of carbonyl (C=O) groups excluding carboxylic acids is 1. The second-order valence-corrected chi connectivity index (χ2v) is 6.92. The lowest BCUT2D eigenvalue weighted by Crippen LogP contribution is -2.58. The molecule has 1 aliphatic carbocycles. The quantitative estimate of drug-likeness (QED) is 0.626. The maximum absolute atomic E-state index is 11.1. The van der Waals surface area contributed by atoms with Gasteiger partial charge in [0, 0.05) is 0 Å². The number of rotatable bonds is 2. The molecule has 1 fully saturated rings. The molecule has 3 heteroatoms. The standard InChI is InChI=1S/C13H21BrO2/c1-10(15)6-9-13(14)11(2,3)7-5-8-12(13,4)16/h6,9,16H,5,7-8H2,1-4H3/b9-6-/t12-,13-/m0/s1. The molecule has 0 saturated heterocycles. The van der Waals surface area contributed by atoms with Crippen LogP contribution in [0.5, 0.6) is 0 Å². The zero-order valence-electron chi connectivity index (χ0n) is 10.5. The van der Waals surface area contributed by atoms with Crippen molar-refractivity contribution in [3.8, 4) is 0 Å². The van der Waals surface area contributed by atoms with Gasteiger partial charge in [0.15, 0.2) is 5.78 Å². The van der Waals surface area contributed by atoms with Crippen molar-refractivity contribution >= 4 is 21.7 Å². The fourth-order valence-corrected chi connectivity index (χ4v) is 3.13. The molecule has 1 rings (SSSR count). The Balaban J connectivity index is 3.15. The van der Waals surface area contributed by atoms with Gasteiger partial charge in [-0.15, -0.1) is 0 Å². The Morgan fingerprint density at radius 3 is 2.31 bits per heavy atom. The highest BCUT2D eigenvalue weighted by Crippen LogP contribution is 2.55. The van der Waals surface area contributed by atoms with Crippen molar-refractivity contribution in [2.24, 2.45) is 5.41 Å². The van der Waals surface area contributed by atoms with Crippen LogP contribution in [-0.4, -0.2) is 20.8 Å². The number of halogens is 1. The van der Waals surface area contributed by atoms with Gasteiger partial charge in [0.25, 0.3) is 0 Å². The van der Waals surface area contributed by atoms with E-state index in [0.29, 0.717) is 0 Å². The molecule has 92 valence electrons. The van der Waals surface area contributed by atoms with Crippen molar-refractivity contribution in [3.05, 3.63) is 12.2 Å². The lowest BCUT2D eigenvalue weighted by molar-refractivity contribution is -0.112. The van der Waals surface area contributed by atoms with Gasteiger partial charge in [0.05, 0.1) is 9.93 Å². The Bertz CT molecular complexity index is 300. The van der Waals surface area contributed by atoms with Crippen LogP contribution in [0.2, 0.25) is 0 Å². The van der Waals surface area contributed by atoms with Crippen LogP contribution in [0.15, 0.2) is 12.2 Å². The van der Waals surface area contributed by atoms with Gasteiger partial charge in [-0.2, -0.15) is 0 Å². The highest BCUT2D eigenvalue weighted by molar-refractivity contribution is 9.10. The van der Waals surface area contributed by atoms with Gasteiger partial charge in [-0.05, 0) is 44.6 Å². The molecule has 0 spiro atoms. The van der Waals surface area contributed by atoms with Gasteiger partial charge in [0.2, 0.25) is 0 Å². The van der Waals surface area contributed by atoms with E-state index in [9.17, 15) is 9.90 Å². The maximum Gasteiger partial charge on any atom is 0.152 e. The first-order valence-corrected chi connectivity index (χ1v) is 6.53. The van der Waals surface area contributed by atoms with E-state index < -0.39 is 9.93 Å². The van der Waals surface area contributed by atoms with Crippen molar-refractivity contribution in [1.82, 2.24) is 0 Å². The Morgan fingerprint density at radius 1 is 1.31 bits per heavy atom. The molecular weight excluding hydrogens is 268 g/mol. The zero-order valence-corrected chi connectivity index (χ0v) is 12.1. The minimum atomic E-state index is -0.819. The highest BCUT2D eigenvalue weighted by atomic mass is 79.9. The summed E-state index contributed by atoms with van der Waals surface area (Å²) in [7, 11) is 0. The van der Waals surface area contributed by atoms with E-state index in [4.69, 9.17) is 0 Å². The normalized spacial score (nSPS) is 38.9. The molecule has 0 unspecified atom stereocenters. The highest BCUT2D eigenvalue weighted by Gasteiger charge is 2.55. The van der Waals surface area contributed by atoms with E-state index in [1.54, 1.807) is 6.08 Å².